The number of nitriles is 1. The predicted octanol–water partition coefficient (Wildman–Crippen LogP) is 5.03. The van der Waals surface area contributed by atoms with E-state index in [9.17, 15) is 4.79 Å². The number of hydrogen-bond donors (Lipinski definition) is 1. The number of aryl methyl sites for hydroxylation is 1. The van der Waals surface area contributed by atoms with Crippen LogP contribution in [0.4, 0.5) is 5.69 Å². The number of rotatable bonds is 2. The summed E-state index contributed by atoms with van der Waals surface area (Å²) >= 11 is 18.5. The number of thiocarbonyl (C=S) groups is 1. The van der Waals surface area contributed by atoms with Gasteiger partial charge in [0.1, 0.15) is 5.40 Å². The van der Waals surface area contributed by atoms with Crippen molar-refractivity contribution in [2.75, 3.05) is 11.4 Å². The van der Waals surface area contributed by atoms with Gasteiger partial charge in [-0.05, 0) is 78.8 Å². The molecule has 2 aromatic rings. The van der Waals surface area contributed by atoms with Crippen LogP contribution < -0.4 is 10.2 Å². The van der Waals surface area contributed by atoms with E-state index in [1.807, 2.05) is 23.1 Å². The number of amides is 1. The van der Waals surface area contributed by atoms with Crippen molar-refractivity contribution in [2.24, 2.45) is 0 Å². The highest BCUT2D eigenvalue weighted by atomic mass is 35.5. The molecular weight excluding hydrogens is 409 g/mol. The third kappa shape index (κ3) is 4.13. The lowest BCUT2D eigenvalue weighted by atomic mass is 10.0. The summed E-state index contributed by atoms with van der Waals surface area (Å²) in [6, 6.07) is 10.5. The van der Waals surface area contributed by atoms with E-state index in [1.54, 1.807) is 12.1 Å². The summed E-state index contributed by atoms with van der Waals surface area (Å²) in [6.07, 6.45) is 1.82. The van der Waals surface area contributed by atoms with Gasteiger partial charge in [-0.1, -0.05) is 23.2 Å². The highest BCUT2D eigenvalue weighted by Gasteiger charge is 2.22. The standard InChI is InChI=1S/C18H13Cl2N3OS2/c19-12-3-5-14(15(20)9-12)17(24)22-18(25)23-7-1-2-11-8-13(26-10-21)4-6-16(11)23/h3-6,8-9H,1-2,7H2,(H,22,24,25). The fraction of sp³-hybridized carbons (Fsp3) is 0.167. The lowest BCUT2D eigenvalue weighted by Crippen LogP contribution is -2.45. The summed E-state index contributed by atoms with van der Waals surface area (Å²) in [5, 5.41) is 14.7. The minimum atomic E-state index is -0.375. The molecule has 2 aromatic carbocycles. The number of nitrogens with one attached hydrogen (secondary N) is 1. The summed E-state index contributed by atoms with van der Waals surface area (Å²) in [4.78, 5) is 15.3. The van der Waals surface area contributed by atoms with Gasteiger partial charge >= 0.3 is 0 Å². The summed E-state index contributed by atoms with van der Waals surface area (Å²) < 4.78 is 0. The highest BCUT2D eigenvalue weighted by Crippen LogP contribution is 2.31. The summed E-state index contributed by atoms with van der Waals surface area (Å²) in [7, 11) is 0. The van der Waals surface area contributed by atoms with Crippen molar-refractivity contribution in [1.82, 2.24) is 5.32 Å². The fourth-order valence-electron chi connectivity index (χ4n) is 2.81. The maximum atomic E-state index is 12.5. The SMILES string of the molecule is N#CSc1ccc2c(c1)CCCN2C(=S)NC(=O)c1ccc(Cl)cc1Cl. The van der Waals surface area contributed by atoms with Crippen molar-refractivity contribution in [3.8, 4) is 5.40 Å². The number of thioether (sulfide) groups is 1. The molecule has 26 heavy (non-hydrogen) atoms. The van der Waals surface area contributed by atoms with Crippen LogP contribution in [0.3, 0.4) is 0 Å². The second-order valence-corrected chi connectivity index (χ2v) is 7.71. The molecule has 0 aromatic heterocycles. The zero-order valence-electron chi connectivity index (χ0n) is 13.5. The Labute approximate surface area is 171 Å². The van der Waals surface area contributed by atoms with Gasteiger partial charge in [-0.25, -0.2) is 0 Å². The minimum Gasteiger partial charge on any atom is -0.318 e. The largest absolute Gasteiger partial charge is 0.318 e. The molecule has 1 heterocycles. The maximum Gasteiger partial charge on any atom is 0.258 e. The molecule has 0 unspecified atom stereocenters. The number of nitrogens with zero attached hydrogens (tertiary/aromatic N) is 2. The van der Waals surface area contributed by atoms with Crippen LogP contribution in [0.2, 0.25) is 10.0 Å². The van der Waals surface area contributed by atoms with E-state index in [0.29, 0.717) is 22.2 Å². The first kappa shape index (κ1) is 19.0. The Kier molecular flexibility index (Phi) is 6.05. The van der Waals surface area contributed by atoms with E-state index in [1.165, 1.54) is 6.07 Å². The first-order valence-electron chi connectivity index (χ1n) is 7.76. The van der Waals surface area contributed by atoms with Gasteiger partial charge in [0.25, 0.3) is 5.91 Å². The second kappa shape index (κ2) is 8.28. The first-order valence-corrected chi connectivity index (χ1v) is 9.74. The summed E-state index contributed by atoms with van der Waals surface area (Å²) in [5.41, 5.74) is 2.38. The van der Waals surface area contributed by atoms with Crippen LogP contribution in [0.25, 0.3) is 0 Å². The average molecular weight is 422 g/mol. The van der Waals surface area contributed by atoms with Crippen LogP contribution in [0.1, 0.15) is 22.3 Å². The van der Waals surface area contributed by atoms with Gasteiger partial charge < -0.3 is 4.90 Å². The average Bonchev–Trinajstić information content (AvgIpc) is 2.61. The number of hydrogen-bond acceptors (Lipinski definition) is 4. The molecule has 8 heteroatoms. The van der Waals surface area contributed by atoms with Gasteiger partial charge in [-0.2, -0.15) is 5.26 Å². The molecule has 0 bridgehead atoms. The number of carbonyl (C=O) groups excluding carboxylic acids is 1. The smallest absolute Gasteiger partial charge is 0.258 e. The van der Waals surface area contributed by atoms with Crippen molar-refractivity contribution in [3.05, 3.63) is 57.6 Å². The molecule has 1 aliphatic rings. The van der Waals surface area contributed by atoms with Crippen LogP contribution in [0.15, 0.2) is 41.3 Å². The molecule has 0 fully saturated rings. The number of halogens is 2. The van der Waals surface area contributed by atoms with E-state index in [4.69, 9.17) is 40.7 Å². The lowest BCUT2D eigenvalue weighted by Gasteiger charge is -2.31. The van der Waals surface area contributed by atoms with Gasteiger partial charge in [0.05, 0.1) is 10.6 Å². The Morgan fingerprint density at radius 1 is 1.27 bits per heavy atom. The van der Waals surface area contributed by atoms with E-state index in [0.717, 1.165) is 40.7 Å². The van der Waals surface area contributed by atoms with E-state index >= 15 is 0 Å². The molecule has 1 aliphatic heterocycles. The van der Waals surface area contributed by atoms with Gasteiger partial charge in [0.15, 0.2) is 5.11 Å². The van der Waals surface area contributed by atoms with Gasteiger partial charge in [-0.3, -0.25) is 10.1 Å². The fourth-order valence-corrected chi connectivity index (χ4v) is 4.03. The molecule has 0 saturated heterocycles. The van der Waals surface area contributed by atoms with Gasteiger partial charge in [0.2, 0.25) is 0 Å². The molecule has 0 radical (unpaired) electrons. The third-order valence-electron chi connectivity index (χ3n) is 3.97. The molecule has 0 aliphatic carbocycles. The first-order chi connectivity index (χ1) is 12.5. The number of thiocyanates is 1. The highest BCUT2D eigenvalue weighted by molar-refractivity contribution is 8.03. The van der Waals surface area contributed by atoms with Crippen molar-refractivity contribution < 1.29 is 4.79 Å². The molecule has 4 nitrogen and oxygen atoms in total. The Balaban J connectivity index is 1.79. The van der Waals surface area contributed by atoms with Crippen molar-refractivity contribution in [2.45, 2.75) is 17.7 Å². The van der Waals surface area contributed by atoms with Crippen LogP contribution >= 0.6 is 47.2 Å². The zero-order valence-corrected chi connectivity index (χ0v) is 16.6. The van der Waals surface area contributed by atoms with Crippen LogP contribution in [-0.2, 0) is 6.42 Å². The topological polar surface area (TPSA) is 56.1 Å². The Hall–Kier alpha value is -1.78. The maximum absolute atomic E-state index is 12.5. The monoisotopic (exact) mass is 421 g/mol. The summed E-state index contributed by atoms with van der Waals surface area (Å²) in [5.74, 6) is -0.375. The number of anilines is 1. The lowest BCUT2D eigenvalue weighted by molar-refractivity contribution is 0.0977. The van der Waals surface area contributed by atoms with E-state index < -0.39 is 0 Å². The number of benzene rings is 2. The van der Waals surface area contributed by atoms with Gasteiger partial charge in [-0.15, -0.1) is 0 Å². The molecular formula is C18H13Cl2N3OS2. The number of carbonyl (C=O) groups is 1. The normalized spacial score (nSPS) is 12.9. The van der Waals surface area contributed by atoms with E-state index in [2.05, 4.69) is 10.7 Å². The molecule has 1 amide bonds. The van der Waals surface area contributed by atoms with Crippen molar-refractivity contribution in [3.63, 3.8) is 0 Å². The Bertz CT molecular complexity index is 927. The minimum absolute atomic E-state index is 0.273. The van der Waals surface area contributed by atoms with Crippen molar-refractivity contribution >= 4 is 63.9 Å². The van der Waals surface area contributed by atoms with Crippen LogP contribution in [0, 0.1) is 10.7 Å². The molecule has 132 valence electrons. The van der Waals surface area contributed by atoms with E-state index in [-0.39, 0.29) is 10.9 Å². The third-order valence-corrected chi connectivity index (χ3v) is 5.43. The molecule has 1 N–H and O–H groups in total. The predicted molar refractivity (Wildman–Crippen MR) is 110 cm³/mol. The quantitative estimate of drug-likeness (QED) is 0.418. The molecule has 0 spiro atoms. The zero-order chi connectivity index (χ0) is 18.7. The summed E-state index contributed by atoms with van der Waals surface area (Å²) in [6.45, 7) is 0.713. The molecule has 3 rings (SSSR count). The van der Waals surface area contributed by atoms with Crippen molar-refractivity contribution in [1.29, 1.82) is 5.26 Å². The Morgan fingerprint density at radius 2 is 2.08 bits per heavy atom. The van der Waals surface area contributed by atoms with Crippen LogP contribution in [0.5, 0.6) is 0 Å². The van der Waals surface area contributed by atoms with Gasteiger partial charge in [0, 0.05) is 22.2 Å². The Morgan fingerprint density at radius 3 is 2.81 bits per heavy atom. The number of fused-ring (bicyclic) bond motifs is 1. The molecule has 0 atom stereocenters. The molecule has 0 saturated carbocycles. The van der Waals surface area contributed by atoms with Crippen LogP contribution in [-0.4, -0.2) is 17.6 Å². The second-order valence-electron chi connectivity index (χ2n) is 5.62.